The van der Waals surface area contributed by atoms with Crippen LogP contribution in [-0.2, 0) is 45.4 Å². The molecule has 3 radical (unpaired) electrons. The summed E-state index contributed by atoms with van der Waals surface area (Å²) in [7, 11) is 0. The number of carbonyl (C=O) groups excluding carboxylic acids is 2. The van der Waals surface area contributed by atoms with E-state index in [1.165, 1.54) is 12.3 Å². The molecule has 0 unspecified atom stereocenters. The van der Waals surface area contributed by atoms with Gasteiger partial charge in [-0.25, -0.2) is 11.2 Å². The van der Waals surface area contributed by atoms with E-state index in [4.69, 9.17) is 0 Å². The van der Waals surface area contributed by atoms with Gasteiger partial charge in [0, 0.05) is 48.1 Å². The van der Waals surface area contributed by atoms with E-state index in [0.717, 1.165) is 21.2 Å². The molecule has 2 aromatic rings. The number of aromatic nitrogens is 2. The van der Waals surface area contributed by atoms with Gasteiger partial charge in [-0.3, -0.25) is 9.59 Å². The molecule has 1 aliphatic rings. The van der Waals surface area contributed by atoms with Gasteiger partial charge in [0.25, 0.3) is 0 Å². The molecule has 0 fully saturated rings. The van der Waals surface area contributed by atoms with Crippen molar-refractivity contribution >= 4 is 20.1 Å². The first kappa shape index (κ1) is 23.8. The Morgan fingerprint density at radius 1 is 1.21 bits per heavy atom. The number of ketones is 1. The van der Waals surface area contributed by atoms with Crippen molar-refractivity contribution in [2.75, 3.05) is 6.54 Å². The molecule has 1 amide bonds. The largest absolute Gasteiger partial charge is 0.471 e. The van der Waals surface area contributed by atoms with Crippen LogP contribution in [0.15, 0.2) is 35.3 Å². The van der Waals surface area contributed by atoms with Crippen molar-refractivity contribution in [1.82, 2.24) is 14.7 Å². The van der Waals surface area contributed by atoms with Gasteiger partial charge in [-0.1, -0.05) is 12.1 Å². The van der Waals surface area contributed by atoms with Crippen LogP contribution in [0.5, 0.6) is 0 Å². The Morgan fingerprint density at radius 2 is 1.93 bits per heavy atom. The van der Waals surface area contributed by atoms with Crippen molar-refractivity contribution in [3.05, 3.63) is 63.6 Å². The number of hydrogen-bond donors (Lipinski definition) is 0. The molecule has 3 rings (SSSR count). The number of Topliss-reactive ketones (excluding diaryl/α,β-unsaturated/α-hetero) is 1. The second-order valence-electron chi connectivity index (χ2n) is 5.83. The quantitative estimate of drug-likeness (QED) is 0.320. The predicted octanol–water partition coefficient (Wildman–Crippen LogP) is 0.990. The molecule has 6 nitrogen and oxygen atoms in total. The number of amides is 1. The molecule has 28 heavy (non-hydrogen) atoms. The van der Waals surface area contributed by atoms with Gasteiger partial charge in [0.2, 0.25) is 0 Å². The third-order valence-corrected chi connectivity index (χ3v) is 4.10. The Morgan fingerprint density at radius 3 is 2.57 bits per heavy atom. The molecule has 145 valence electrons. The monoisotopic (exact) mass is 559 g/mol. The fraction of sp³-hybridized carbons (Fsp3) is 0.294. The van der Waals surface area contributed by atoms with Gasteiger partial charge >= 0.3 is 12.1 Å². The second-order valence-corrected chi connectivity index (χ2v) is 5.83. The van der Waals surface area contributed by atoms with Gasteiger partial charge in [0.05, 0.1) is 6.54 Å². The van der Waals surface area contributed by atoms with E-state index in [9.17, 15) is 27.6 Å². The Labute approximate surface area is 174 Å². The van der Waals surface area contributed by atoms with Crippen LogP contribution in [0, 0.1) is 6.07 Å². The number of rotatable bonds is 3. The summed E-state index contributed by atoms with van der Waals surface area (Å²) in [4.78, 5) is 36.1. The zero-order valence-electron chi connectivity index (χ0n) is 14.4. The van der Waals surface area contributed by atoms with Crippen molar-refractivity contribution in [2.45, 2.75) is 25.7 Å². The Balaban J connectivity index is 0.00000196. The zero-order valence-corrected chi connectivity index (χ0v) is 17.3. The van der Waals surface area contributed by atoms with Crippen LogP contribution in [0.4, 0.5) is 13.2 Å². The molecule has 0 bridgehead atoms. The smallest absolute Gasteiger partial charge is 0.381 e. The minimum absolute atomic E-state index is 0. The van der Waals surface area contributed by atoms with E-state index < -0.39 is 23.4 Å². The molecule has 0 saturated carbocycles. The van der Waals surface area contributed by atoms with Gasteiger partial charge in [-0.15, -0.1) is 0 Å². The van der Waals surface area contributed by atoms with Gasteiger partial charge < -0.3 is 14.4 Å². The molecular formula is C17H13BF3N3O3W-. The maximum atomic E-state index is 12.6. The number of carbonyl (C=O) groups is 2. The third-order valence-electron chi connectivity index (χ3n) is 4.10. The third kappa shape index (κ3) is 5.19. The van der Waals surface area contributed by atoms with Crippen LogP contribution in [0.25, 0.3) is 0 Å². The van der Waals surface area contributed by atoms with E-state index in [1.54, 1.807) is 12.1 Å². The van der Waals surface area contributed by atoms with Gasteiger partial charge in [0.15, 0.2) is 5.78 Å². The van der Waals surface area contributed by atoms with E-state index >= 15 is 0 Å². The number of hydrogen-bond acceptors (Lipinski definition) is 4. The predicted molar refractivity (Wildman–Crippen MR) is 89.0 cm³/mol. The topological polar surface area (TPSA) is 72.3 Å². The summed E-state index contributed by atoms with van der Waals surface area (Å²) in [6.07, 6.45) is -3.40. The van der Waals surface area contributed by atoms with E-state index in [2.05, 4.69) is 11.2 Å². The molecule has 0 N–H and O–H groups in total. The van der Waals surface area contributed by atoms with Crippen molar-refractivity contribution in [2.24, 2.45) is 0 Å². The molecule has 1 aromatic carbocycles. The van der Waals surface area contributed by atoms with Crippen LogP contribution < -0.4 is 5.56 Å². The first-order valence-corrected chi connectivity index (χ1v) is 7.70. The normalized spacial score (nSPS) is 13.0. The summed E-state index contributed by atoms with van der Waals surface area (Å²) >= 11 is 0. The summed E-state index contributed by atoms with van der Waals surface area (Å²) in [6.45, 7) is -0.538. The maximum absolute atomic E-state index is 12.6. The number of benzene rings is 1. The second kappa shape index (κ2) is 9.32. The summed E-state index contributed by atoms with van der Waals surface area (Å²) in [5, 5.41) is 3.74. The summed E-state index contributed by atoms with van der Waals surface area (Å²) in [5.41, 5.74) is 1.03. The molecule has 11 heteroatoms. The minimum atomic E-state index is -4.93. The van der Waals surface area contributed by atoms with E-state index in [0.29, 0.717) is 5.56 Å². The number of nitrogens with zero attached hydrogens (tertiary/aromatic N) is 3. The molecule has 0 saturated heterocycles. The molecule has 1 aliphatic heterocycles. The molecular weight excluding hydrogens is 546 g/mol. The molecule has 2 heterocycles. The fourth-order valence-electron chi connectivity index (χ4n) is 2.77. The van der Waals surface area contributed by atoms with Crippen molar-refractivity contribution in [3.8, 4) is 0 Å². The number of fused-ring (bicyclic) bond motifs is 1. The van der Waals surface area contributed by atoms with Crippen molar-refractivity contribution < 1.29 is 43.8 Å². The van der Waals surface area contributed by atoms with Crippen LogP contribution in [0.3, 0.4) is 0 Å². The first-order valence-electron chi connectivity index (χ1n) is 7.70. The maximum Gasteiger partial charge on any atom is 0.471 e. The summed E-state index contributed by atoms with van der Waals surface area (Å²) in [6, 6.07) is 8.33. The van der Waals surface area contributed by atoms with E-state index in [-0.39, 0.29) is 61.1 Å². The molecule has 1 aromatic heterocycles. The van der Waals surface area contributed by atoms with Crippen molar-refractivity contribution in [3.63, 3.8) is 0 Å². The standard InChI is InChI=1S/C17H13F3N3O3.B.W/c18-17(19,20)16(26)22-7-5-11-3-4-12(8-13(11)9-22)14(24)10-23-15(25)2-1-6-21-23;;/h2-4,6,8H,5,7,9-10H2;;/q-1;;. The molecule has 0 spiro atoms. The Hall–Kier alpha value is -2.22. The van der Waals surface area contributed by atoms with Crippen LogP contribution in [0.2, 0.25) is 0 Å². The van der Waals surface area contributed by atoms with Crippen LogP contribution >= 0.6 is 0 Å². The Bertz CT molecular complexity index is 934. The van der Waals surface area contributed by atoms with Crippen molar-refractivity contribution in [1.29, 1.82) is 0 Å². The van der Waals surface area contributed by atoms with Gasteiger partial charge in [-0.05, 0) is 29.8 Å². The van der Waals surface area contributed by atoms with E-state index in [1.807, 2.05) is 0 Å². The first-order chi connectivity index (χ1) is 12.3. The molecule has 0 atom stereocenters. The number of halogens is 3. The van der Waals surface area contributed by atoms with Crippen LogP contribution in [-0.4, -0.2) is 47.5 Å². The average Bonchev–Trinajstić information content (AvgIpc) is 2.61. The van der Waals surface area contributed by atoms with Crippen LogP contribution in [0.1, 0.15) is 21.5 Å². The SMILES string of the molecule is O=C(Cn1nc[c-]cc1=O)c1ccc2c(c1)CN(C(=O)C(F)(F)F)CC2.[B].[W]. The average molecular weight is 559 g/mol. The van der Waals surface area contributed by atoms with Gasteiger partial charge in [0.1, 0.15) is 5.56 Å². The fourth-order valence-corrected chi connectivity index (χ4v) is 2.77. The summed E-state index contributed by atoms with van der Waals surface area (Å²) in [5.74, 6) is -2.30. The minimum Gasteiger partial charge on any atom is -0.381 e. The zero-order chi connectivity index (χ0) is 18.9. The Kier molecular flexibility index (Phi) is 7.93. The summed E-state index contributed by atoms with van der Waals surface area (Å²) < 4.78 is 38.8. The van der Waals surface area contributed by atoms with Gasteiger partial charge in [-0.2, -0.15) is 19.2 Å². The molecule has 0 aliphatic carbocycles. The number of alkyl halides is 3.